The molecule has 8 heteroatoms. The van der Waals surface area contributed by atoms with Gasteiger partial charge in [0.25, 0.3) is 0 Å². The molecule has 7 nitrogen and oxygen atoms in total. The van der Waals surface area contributed by atoms with Crippen molar-refractivity contribution in [1.29, 1.82) is 0 Å². The van der Waals surface area contributed by atoms with Crippen molar-refractivity contribution in [1.82, 2.24) is 0 Å². The quantitative estimate of drug-likeness (QED) is 0.324. The number of hydrogen-bond donors (Lipinski definition) is 4. The van der Waals surface area contributed by atoms with E-state index in [1.807, 2.05) is 0 Å². The van der Waals surface area contributed by atoms with Crippen LogP contribution in [0.25, 0.3) is 0 Å². The van der Waals surface area contributed by atoms with Gasteiger partial charge in [0.15, 0.2) is 0 Å². The van der Waals surface area contributed by atoms with Gasteiger partial charge in [-0.3, -0.25) is 4.79 Å². The third-order valence-electron chi connectivity index (χ3n) is 0.594. The number of carbonyl (C=O) groups excluding carboxylic acids is 1. The maximum absolute atomic E-state index is 9.89. The van der Waals surface area contributed by atoms with E-state index >= 15 is 0 Å². The smallest absolute Gasteiger partial charge is 0.335 e. The Morgan fingerprint density at radius 1 is 1.23 bits per heavy atom. The number of carboxylic acid groups (broad SMARTS) is 1. The van der Waals surface area contributed by atoms with Crippen LogP contribution in [0, 0.1) is 0 Å². The monoisotopic (exact) mass is 374 g/mol. The first-order valence-corrected chi connectivity index (χ1v) is 3.10. The van der Waals surface area contributed by atoms with Gasteiger partial charge in [0.2, 0.25) is 0 Å². The van der Waals surface area contributed by atoms with Gasteiger partial charge in [-0.15, -0.1) is 0 Å². The van der Waals surface area contributed by atoms with Crippen LogP contribution in [-0.2, 0) is 35.5 Å². The second-order valence-corrected chi connectivity index (χ2v) is 1.64. The Bertz CT molecular complexity index is 142. The standard InChI is InChI=1S/C3H5NO4.C2H8N2.Pt/c4-8-3(7)1-2(5)6;3-1-2-4;/h1,4H2,(H,5,6);1-4H2;. The van der Waals surface area contributed by atoms with E-state index in [2.05, 4.69) is 10.7 Å². The molecule has 13 heavy (non-hydrogen) atoms. The Morgan fingerprint density at radius 3 is 1.69 bits per heavy atom. The fourth-order valence-corrected chi connectivity index (χ4v) is 0.165. The summed E-state index contributed by atoms with van der Waals surface area (Å²) in [6, 6.07) is 0. The van der Waals surface area contributed by atoms with Crippen molar-refractivity contribution in [2.24, 2.45) is 17.4 Å². The Kier molecular flexibility index (Phi) is 19.8. The van der Waals surface area contributed by atoms with Crippen LogP contribution in [0.2, 0.25) is 0 Å². The molecule has 0 aliphatic heterocycles. The molecule has 0 aliphatic carbocycles. The number of rotatable bonds is 3. The molecule has 7 N–H and O–H groups in total. The van der Waals surface area contributed by atoms with Crippen LogP contribution in [0.5, 0.6) is 0 Å². The van der Waals surface area contributed by atoms with Crippen LogP contribution in [-0.4, -0.2) is 30.1 Å². The number of hydrogen-bond acceptors (Lipinski definition) is 6. The molecule has 0 aromatic carbocycles. The van der Waals surface area contributed by atoms with E-state index in [1.54, 1.807) is 0 Å². The molecule has 82 valence electrons. The molecular weight excluding hydrogens is 361 g/mol. The first-order chi connectivity index (χ1) is 5.58. The van der Waals surface area contributed by atoms with Gasteiger partial charge >= 0.3 is 11.9 Å². The Labute approximate surface area is 89.8 Å². The molecule has 0 bridgehead atoms. The van der Waals surface area contributed by atoms with E-state index in [1.165, 1.54) is 0 Å². The molecule has 0 aromatic heterocycles. The van der Waals surface area contributed by atoms with Gasteiger partial charge in [0.05, 0.1) is 0 Å². The molecule has 0 spiro atoms. The summed E-state index contributed by atoms with van der Waals surface area (Å²) in [5.41, 5.74) is 9.81. The summed E-state index contributed by atoms with van der Waals surface area (Å²) in [6.07, 6.45) is -0.684. The van der Waals surface area contributed by atoms with Crippen molar-refractivity contribution in [3.63, 3.8) is 0 Å². The zero-order valence-electron chi connectivity index (χ0n) is 6.84. The van der Waals surface area contributed by atoms with E-state index in [9.17, 15) is 9.59 Å². The van der Waals surface area contributed by atoms with Crippen LogP contribution in [0.4, 0.5) is 0 Å². The van der Waals surface area contributed by atoms with E-state index < -0.39 is 18.4 Å². The molecule has 0 rings (SSSR count). The summed E-state index contributed by atoms with van der Waals surface area (Å²) in [5.74, 6) is 2.11. The molecule has 0 aromatic rings. The number of carbonyl (C=O) groups is 2. The van der Waals surface area contributed by atoms with Gasteiger partial charge in [-0.2, -0.15) is 5.90 Å². The Morgan fingerprint density at radius 2 is 1.62 bits per heavy atom. The summed E-state index contributed by atoms with van der Waals surface area (Å²) >= 11 is 0. The minimum atomic E-state index is -1.25. The fourth-order valence-electron chi connectivity index (χ4n) is 0.165. The zero-order valence-corrected chi connectivity index (χ0v) is 9.11. The number of nitrogens with two attached hydrogens (primary N) is 3. The van der Waals surface area contributed by atoms with Gasteiger partial charge < -0.3 is 21.4 Å². The molecule has 0 fully saturated rings. The van der Waals surface area contributed by atoms with E-state index in [0.29, 0.717) is 13.1 Å². The van der Waals surface area contributed by atoms with Crippen LogP contribution in [0.1, 0.15) is 6.42 Å². The van der Waals surface area contributed by atoms with Crippen molar-refractivity contribution < 1.29 is 40.6 Å². The Balaban J connectivity index is -0.000000173. The van der Waals surface area contributed by atoms with Gasteiger partial charge in [0.1, 0.15) is 6.42 Å². The largest absolute Gasteiger partial charge is 0.481 e. The zero-order chi connectivity index (χ0) is 9.98. The average molecular weight is 374 g/mol. The third kappa shape index (κ3) is 24.6. The van der Waals surface area contributed by atoms with Crippen LogP contribution in [0.15, 0.2) is 0 Å². The fraction of sp³-hybridized carbons (Fsp3) is 0.600. The van der Waals surface area contributed by atoms with Gasteiger partial charge in [-0.25, -0.2) is 4.79 Å². The van der Waals surface area contributed by atoms with Crippen LogP contribution < -0.4 is 17.4 Å². The first-order valence-electron chi connectivity index (χ1n) is 3.10. The second kappa shape index (κ2) is 14.1. The summed E-state index contributed by atoms with van der Waals surface area (Å²) < 4.78 is 0. The molecule has 0 saturated carbocycles. The van der Waals surface area contributed by atoms with Crippen LogP contribution in [0.3, 0.4) is 0 Å². The van der Waals surface area contributed by atoms with Crippen molar-refractivity contribution >= 4 is 11.9 Å². The van der Waals surface area contributed by atoms with Crippen molar-refractivity contribution in [2.45, 2.75) is 6.42 Å². The van der Waals surface area contributed by atoms with Crippen molar-refractivity contribution in [3.05, 3.63) is 0 Å². The topological polar surface area (TPSA) is 142 Å². The maximum Gasteiger partial charge on any atom is 0.335 e. The molecule has 0 saturated heterocycles. The maximum atomic E-state index is 9.89. The number of aliphatic carboxylic acids is 1. The molecule has 0 unspecified atom stereocenters. The minimum Gasteiger partial charge on any atom is -0.481 e. The number of carboxylic acids is 1. The molecular formula is C5H13N3O4Pt. The normalized spacial score (nSPS) is 7.31. The molecule has 0 heterocycles. The molecule has 0 aliphatic rings. The summed E-state index contributed by atoms with van der Waals surface area (Å²) in [7, 11) is 0. The summed E-state index contributed by atoms with van der Waals surface area (Å²) in [5, 5.41) is 7.86. The second-order valence-electron chi connectivity index (χ2n) is 1.64. The Hall–Kier alpha value is -0.492. The van der Waals surface area contributed by atoms with Crippen molar-refractivity contribution in [3.8, 4) is 0 Å². The van der Waals surface area contributed by atoms with E-state index in [4.69, 9.17) is 16.6 Å². The minimum absolute atomic E-state index is 0. The van der Waals surface area contributed by atoms with E-state index in [-0.39, 0.29) is 21.1 Å². The van der Waals surface area contributed by atoms with Crippen LogP contribution >= 0.6 is 0 Å². The first kappa shape index (κ1) is 18.3. The third-order valence-corrected chi connectivity index (χ3v) is 0.594. The summed E-state index contributed by atoms with van der Waals surface area (Å²) in [6.45, 7) is 1.19. The summed E-state index contributed by atoms with van der Waals surface area (Å²) in [4.78, 5) is 23.0. The van der Waals surface area contributed by atoms with Gasteiger partial charge in [-0.05, 0) is 0 Å². The predicted octanol–water partition coefficient (Wildman–Crippen LogP) is -2.22. The average Bonchev–Trinajstić information content (AvgIpc) is 2.04. The molecule has 0 amide bonds. The van der Waals surface area contributed by atoms with E-state index in [0.717, 1.165) is 0 Å². The SMILES string of the molecule is NCCN.NOC(=O)CC(=O)O.[Pt]. The van der Waals surface area contributed by atoms with Gasteiger partial charge in [0, 0.05) is 34.2 Å². The van der Waals surface area contributed by atoms with Gasteiger partial charge in [-0.1, -0.05) is 0 Å². The predicted molar refractivity (Wildman–Crippen MR) is 40.6 cm³/mol. The molecule has 0 atom stereocenters. The van der Waals surface area contributed by atoms with Crippen molar-refractivity contribution in [2.75, 3.05) is 13.1 Å². The molecule has 0 radical (unpaired) electrons.